The number of ether oxygens (including phenoxy) is 2. The fourth-order valence-electron chi connectivity index (χ4n) is 4.37. The van der Waals surface area contributed by atoms with E-state index in [2.05, 4.69) is 5.32 Å². The zero-order valence-electron chi connectivity index (χ0n) is 20.0. The van der Waals surface area contributed by atoms with E-state index in [1.54, 1.807) is 31.3 Å². The number of pyridine rings is 1. The third-order valence-corrected chi connectivity index (χ3v) is 6.22. The zero-order chi connectivity index (χ0) is 26.0. The van der Waals surface area contributed by atoms with Crippen LogP contribution in [0.3, 0.4) is 0 Å². The van der Waals surface area contributed by atoms with Crippen molar-refractivity contribution in [2.24, 2.45) is 0 Å². The molecule has 2 aromatic carbocycles. The Hall–Kier alpha value is -4.21. The summed E-state index contributed by atoms with van der Waals surface area (Å²) in [4.78, 5) is 40.7. The van der Waals surface area contributed by atoms with Crippen LogP contribution in [-0.2, 0) is 11.3 Å². The number of carbonyl (C=O) groups is 2. The first kappa shape index (κ1) is 24.9. The fourth-order valence-corrected chi connectivity index (χ4v) is 4.37. The number of anilines is 1. The number of benzene rings is 2. The van der Waals surface area contributed by atoms with E-state index in [0.717, 1.165) is 12.1 Å². The van der Waals surface area contributed by atoms with Crippen LogP contribution in [0.1, 0.15) is 28.8 Å². The molecule has 2 amide bonds. The summed E-state index contributed by atoms with van der Waals surface area (Å²) in [5.74, 6) is -3.86. The number of rotatable bonds is 7. The van der Waals surface area contributed by atoms with Crippen LogP contribution in [-0.4, -0.2) is 43.2 Å². The van der Waals surface area contributed by atoms with Crippen LogP contribution >= 0.6 is 0 Å². The first-order chi connectivity index (χ1) is 17.3. The Labute approximate surface area is 206 Å². The molecule has 0 radical (unpaired) electrons. The smallest absolute Gasteiger partial charge is 0.274 e. The lowest BCUT2D eigenvalue weighted by Gasteiger charge is -2.20. The van der Waals surface area contributed by atoms with Crippen molar-refractivity contribution in [2.75, 3.05) is 25.7 Å². The van der Waals surface area contributed by atoms with Crippen LogP contribution in [0.25, 0.3) is 0 Å². The molecule has 36 heavy (non-hydrogen) atoms. The topological polar surface area (TPSA) is 89.9 Å². The van der Waals surface area contributed by atoms with Gasteiger partial charge in [-0.3, -0.25) is 14.4 Å². The van der Waals surface area contributed by atoms with E-state index in [1.165, 1.54) is 41.9 Å². The standard InChI is InChI=1S/C26H25F2N3O5/c1-4-30-10-6-9-21(25(30)33)31-14-18(22-19(27)12-17(36-3)13-20(22)28)23(26(31)34)29-24(32)15-7-5-8-16(11-15)35-2/h5-13,18,23H,4,14H2,1-3H3,(H,29,32)/t18-,23-/m0/s1. The van der Waals surface area contributed by atoms with Gasteiger partial charge in [-0.25, -0.2) is 8.78 Å². The Morgan fingerprint density at radius 3 is 2.36 bits per heavy atom. The Morgan fingerprint density at radius 1 is 1.03 bits per heavy atom. The van der Waals surface area contributed by atoms with E-state index < -0.39 is 41.0 Å². The van der Waals surface area contributed by atoms with Crippen molar-refractivity contribution in [1.82, 2.24) is 9.88 Å². The summed E-state index contributed by atoms with van der Waals surface area (Å²) in [5.41, 5.74) is -0.554. The van der Waals surface area contributed by atoms with Crippen LogP contribution in [0.5, 0.6) is 11.5 Å². The molecule has 3 aromatic rings. The van der Waals surface area contributed by atoms with E-state index in [4.69, 9.17) is 9.47 Å². The highest BCUT2D eigenvalue weighted by atomic mass is 19.1. The maximum absolute atomic E-state index is 15.1. The highest BCUT2D eigenvalue weighted by Crippen LogP contribution is 2.36. The summed E-state index contributed by atoms with van der Waals surface area (Å²) in [7, 11) is 2.73. The Morgan fingerprint density at radius 2 is 1.72 bits per heavy atom. The highest BCUT2D eigenvalue weighted by molar-refractivity contribution is 6.05. The number of aromatic nitrogens is 1. The predicted molar refractivity (Wildman–Crippen MR) is 129 cm³/mol. The Bertz CT molecular complexity index is 1350. The number of halogens is 2. The maximum Gasteiger partial charge on any atom is 0.274 e. The minimum absolute atomic E-state index is 0.0270. The van der Waals surface area contributed by atoms with Gasteiger partial charge in [0.05, 0.1) is 14.2 Å². The molecule has 10 heteroatoms. The van der Waals surface area contributed by atoms with Crippen LogP contribution in [0.2, 0.25) is 0 Å². The van der Waals surface area contributed by atoms with Crippen LogP contribution in [0.15, 0.2) is 59.5 Å². The average molecular weight is 497 g/mol. The lowest BCUT2D eigenvalue weighted by Crippen LogP contribution is -2.44. The van der Waals surface area contributed by atoms with Gasteiger partial charge in [-0.1, -0.05) is 6.07 Å². The molecule has 1 aromatic heterocycles. The van der Waals surface area contributed by atoms with Crippen LogP contribution < -0.4 is 25.2 Å². The number of amides is 2. The van der Waals surface area contributed by atoms with Crippen LogP contribution in [0.4, 0.5) is 14.5 Å². The van der Waals surface area contributed by atoms with E-state index in [-0.39, 0.29) is 29.1 Å². The van der Waals surface area contributed by atoms with Crippen molar-refractivity contribution >= 4 is 17.5 Å². The third kappa shape index (κ3) is 4.53. The molecule has 1 N–H and O–H groups in total. The lowest BCUT2D eigenvalue weighted by atomic mass is 9.92. The molecule has 0 aliphatic carbocycles. The van der Waals surface area contributed by atoms with Crippen molar-refractivity contribution < 1.29 is 27.8 Å². The molecule has 4 rings (SSSR count). The van der Waals surface area contributed by atoms with Crippen molar-refractivity contribution in [3.05, 3.63) is 87.8 Å². The second kappa shape index (κ2) is 10.2. The van der Waals surface area contributed by atoms with E-state index in [0.29, 0.717) is 12.3 Å². The second-order valence-electron chi connectivity index (χ2n) is 8.23. The van der Waals surface area contributed by atoms with Gasteiger partial charge < -0.3 is 24.3 Å². The normalized spacial score (nSPS) is 17.2. The van der Waals surface area contributed by atoms with Crippen molar-refractivity contribution in [1.29, 1.82) is 0 Å². The highest BCUT2D eigenvalue weighted by Gasteiger charge is 2.46. The summed E-state index contributed by atoms with van der Waals surface area (Å²) >= 11 is 0. The molecule has 2 atom stereocenters. The zero-order valence-corrected chi connectivity index (χ0v) is 20.0. The third-order valence-electron chi connectivity index (χ3n) is 6.22. The summed E-state index contributed by atoms with van der Waals surface area (Å²) < 4.78 is 41.7. The largest absolute Gasteiger partial charge is 0.497 e. The second-order valence-corrected chi connectivity index (χ2v) is 8.23. The van der Waals surface area contributed by atoms with E-state index in [1.807, 2.05) is 0 Å². The minimum Gasteiger partial charge on any atom is -0.497 e. The summed E-state index contributed by atoms with van der Waals surface area (Å²) in [6, 6.07) is 10.0. The molecule has 0 unspecified atom stereocenters. The number of hydrogen-bond acceptors (Lipinski definition) is 5. The molecule has 2 heterocycles. The van der Waals surface area contributed by atoms with Crippen molar-refractivity contribution in [2.45, 2.75) is 25.4 Å². The molecule has 8 nitrogen and oxygen atoms in total. The quantitative estimate of drug-likeness (QED) is 0.542. The lowest BCUT2D eigenvalue weighted by molar-refractivity contribution is -0.118. The summed E-state index contributed by atoms with van der Waals surface area (Å²) in [6.45, 7) is 1.93. The summed E-state index contributed by atoms with van der Waals surface area (Å²) in [6.07, 6.45) is 1.58. The number of nitrogens with zero attached hydrogens (tertiary/aromatic N) is 2. The molecule has 1 aliphatic rings. The van der Waals surface area contributed by atoms with Crippen LogP contribution in [0, 0.1) is 11.6 Å². The van der Waals surface area contributed by atoms with Crippen molar-refractivity contribution in [3.8, 4) is 11.5 Å². The molecular formula is C26H25F2N3O5. The van der Waals surface area contributed by atoms with Gasteiger partial charge in [-0.15, -0.1) is 0 Å². The minimum atomic E-state index is -1.34. The first-order valence-electron chi connectivity index (χ1n) is 11.3. The first-order valence-corrected chi connectivity index (χ1v) is 11.3. The van der Waals surface area contributed by atoms with Gasteiger partial charge in [0.1, 0.15) is 34.9 Å². The average Bonchev–Trinajstić information content (AvgIpc) is 3.18. The van der Waals surface area contributed by atoms with Gasteiger partial charge in [0.15, 0.2) is 0 Å². The molecular weight excluding hydrogens is 472 g/mol. The van der Waals surface area contributed by atoms with E-state index >= 15 is 8.78 Å². The van der Waals surface area contributed by atoms with E-state index in [9.17, 15) is 14.4 Å². The predicted octanol–water partition coefficient (Wildman–Crippen LogP) is 3.09. The molecule has 0 bridgehead atoms. The van der Waals surface area contributed by atoms with Gasteiger partial charge >= 0.3 is 0 Å². The molecule has 0 spiro atoms. The number of carbonyl (C=O) groups excluding carboxylic acids is 2. The number of aryl methyl sites for hydroxylation is 1. The van der Waals surface area contributed by atoms with Gasteiger partial charge in [-0.05, 0) is 37.3 Å². The molecule has 188 valence electrons. The maximum atomic E-state index is 15.1. The molecule has 1 saturated heterocycles. The Kier molecular flexibility index (Phi) is 7.05. The Balaban J connectivity index is 1.78. The number of nitrogens with one attached hydrogen (secondary N) is 1. The molecule has 0 saturated carbocycles. The monoisotopic (exact) mass is 497 g/mol. The van der Waals surface area contributed by atoms with Gasteiger partial charge in [-0.2, -0.15) is 0 Å². The fraction of sp³-hybridized carbons (Fsp3) is 0.269. The SMILES string of the molecule is CCn1cccc(N2C[C@@H](c3c(F)cc(OC)cc3F)[C@H](NC(=O)c3cccc(OC)c3)C2=O)c1=O. The number of hydrogen-bond donors (Lipinski definition) is 1. The van der Waals surface area contributed by atoms with Crippen molar-refractivity contribution in [3.63, 3.8) is 0 Å². The van der Waals surface area contributed by atoms with Gasteiger partial charge in [0.25, 0.3) is 11.5 Å². The van der Waals surface area contributed by atoms with Gasteiger partial charge in [0, 0.05) is 48.5 Å². The summed E-state index contributed by atoms with van der Waals surface area (Å²) in [5, 5.41) is 2.62. The molecule has 1 fully saturated rings. The number of methoxy groups -OCH3 is 2. The van der Waals surface area contributed by atoms with Gasteiger partial charge in [0.2, 0.25) is 5.91 Å². The molecule has 1 aliphatic heterocycles.